The van der Waals surface area contributed by atoms with E-state index in [2.05, 4.69) is 17.2 Å². The second kappa shape index (κ2) is 9.57. The Morgan fingerprint density at radius 3 is 2.59 bits per heavy atom. The van der Waals surface area contributed by atoms with Crippen molar-refractivity contribution in [3.63, 3.8) is 0 Å². The predicted octanol–water partition coefficient (Wildman–Crippen LogP) is 0.112. The van der Waals surface area contributed by atoms with Crippen LogP contribution < -0.4 is 20.3 Å². The second-order valence-corrected chi connectivity index (χ2v) is 4.96. The minimum atomic E-state index is -0.455. The molecule has 1 unspecified atom stereocenters. The summed E-state index contributed by atoms with van der Waals surface area (Å²) in [6, 6.07) is 7.25. The number of urea groups is 1. The zero-order chi connectivity index (χ0) is 16.4. The molecule has 0 bridgehead atoms. The third-order valence-electron chi connectivity index (χ3n) is 2.85. The van der Waals surface area contributed by atoms with Gasteiger partial charge in [0.1, 0.15) is 18.9 Å². The summed E-state index contributed by atoms with van der Waals surface area (Å²) in [6.45, 7) is 7.27. The van der Waals surface area contributed by atoms with E-state index in [1.54, 1.807) is 13.0 Å². The Morgan fingerprint density at radius 2 is 2.00 bits per heavy atom. The Bertz CT molecular complexity index is 500. The van der Waals surface area contributed by atoms with Crippen LogP contribution >= 0.6 is 0 Å². The van der Waals surface area contributed by atoms with Gasteiger partial charge in [0.2, 0.25) is 0 Å². The largest absolute Gasteiger partial charge is 0.490 e. The monoisotopic (exact) mass is 306 g/mol. The number of carbonyl (C=O) groups is 2. The summed E-state index contributed by atoms with van der Waals surface area (Å²) in [5.74, 6) is 0.490. The van der Waals surface area contributed by atoms with Crippen molar-refractivity contribution in [3.05, 3.63) is 42.5 Å². The minimum absolute atomic E-state index is 0.228. The third kappa shape index (κ3) is 6.90. The topological polar surface area (TPSA) is 71.9 Å². The zero-order valence-electron chi connectivity index (χ0n) is 13.1. The molecule has 0 spiro atoms. The van der Waals surface area contributed by atoms with Gasteiger partial charge >= 0.3 is 6.03 Å². The maximum Gasteiger partial charge on any atom is 0.321 e. The van der Waals surface area contributed by atoms with Crippen molar-refractivity contribution in [2.24, 2.45) is 0 Å². The molecule has 1 rings (SSSR count). The van der Waals surface area contributed by atoms with Gasteiger partial charge in [0.15, 0.2) is 6.54 Å². The van der Waals surface area contributed by atoms with Gasteiger partial charge in [-0.1, -0.05) is 12.7 Å². The van der Waals surface area contributed by atoms with E-state index in [1.807, 2.05) is 31.3 Å². The number of hydrogen-bond acceptors (Lipinski definition) is 3. The van der Waals surface area contributed by atoms with E-state index in [0.29, 0.717) is 19.7 Å². The number of carbonyl (C=O) groups excluding carboxylic acids is 2. The van der Waals surface area contributed by atoms with Gasteiger partial charge in [0, 0.05) is 12.1 Å². The molecule has 0 aromatic heterocycles. The molecule has 0 saturated carbocycles. The number of hydrogen-bond donors (Lipinski definition) is 3. The lowest BCUT2D eigenvalue weighted by Crippen LogP contribution is -3.09. The van der Waals surface area contributed by atoms with Crippen molar-refractivity contribution in [2.45, 2.75) is 13.5 Å². The number of ether oxygens (including phenoxy) is 1. The van der Waals surface area contributed by atoms with Crippen LogP contribution in [0, 0.1) is 0 Å². The molecule has 0 radical (unpaired) electrons. The van der Waals surface area contributed by atoms with Crippen LogP contribution in [0.1, 0.15) is 12.5 Å². The van der Waals surface area contributed by atoms with Gasteiger partial charge in [0.05, 0.1) is 7.05 Å². The SMILES string of the molecule is C=CCOc1ccc(C[NH+](C)CC(=O)NC(=O)NCC)cc1. The first-order chi connectivity index (χ1) is 10.5. The minimum Gasteiger partial charge on any atom is -0.490 e. The van der Waals surface area contributed by atoms with Crippen LogP contribution in [0.4, 0.5) is 4.79 Å². The van der Waals surface area contributed by atoms with E-state index in [1.165, 1.54) is 0 Å². The molecule has 1 aromatic carbocycles. The average molecular weight is 306 g/mol. The highest BCUT2D eigenvalue weighted by molar-refractivity contribution is 5.94. The third-order valence-corrected chi connectivity index (χ3v) is 2.85. The highest BCUT2D eigenvalue weighted by Crippen LogP contribution is 2.11. The fraction of sp³-hybridized carbons (Fsp3) is 0.375. The lowest BCUT2D eigenvalue weighted by Gasteiger charge is -2.14. The fourth-order valence-corrected chi connectivity index (χ4v) is 1.92. The summed E-state index contributed by atoms with van der Waals surface area (Å²) in [6.07, 6.45) is 1.69. The molecule has 0 saturated heterocycles. The molecule has 22 heavy (non-hydrogen) atoms. The Morgan fingerprint density at radius 1 is 1.32 bits per heavy atom. The molecule has 3 N–H and O–H groups in total. The first-order valence-electron chi connectivity index (χ1n) is 7.26. The van der Waals surface area contributed by atoms with Gasteiger partial charge in [-0.05, 0) is 31.2 Å². The zero-order valence-corrected chi connectivity index (χ0v) is 13.1. The normalized spacial score (nSPS) is 11.4. The Labute approximate surface area is 131 Å². The average Bonchev–Trinajstić information content (AvgIpc) is 2.46. The highest BCUT2D eigenvalue weighted by atomic mass is 16.5. The maximum absolute atomic E-state index is 11.7. The first kappa shape index (κ1) is 17.7. The van der Waals surface area contributed by atoms with Crippen molar-refractivity contribution in [1.82, 2.24) is 10.6 Å². The number of benzene rings is 1. The van der Waals surface area contributed by atoms with Gasteiger partial charge in [0.25, 0.3) is 5.91 Å². The van der Waals surface area contributed by atoms with Crippen LogP contribution in [0.5, 0.6) is 5.75 Å². The highest BCUT2D eigenvalue weighted by Gasteiger charge is 2.13. The van der Waals surface area contributed by atoms with Crippen LogP contribution in [0.3, 0.4) is 0 Å². The standard InChI is InChI=1S/C16H23N3O3/c1-4-10-22-14-8-6-13(7-9-14)11-19(3)12-15(20)18-16(21)17-5-2/h4,6-9H,1,5,10-12H2,2-3H3,(H2,17,18,20,21)/p+1. The molecule has 0 aliphatic carbocycles. The van der Waals surface area contributed by atoms with Crippen LogP contribution in [0.25, 0.3) is 0 Å². The number of nitrogens with one attached hydrogen (secondary N) is 3. The van der Waals surface area contributed by atoms with Gasteiger partial charge in [-0.3, -0.25) is 10.1 Å². The molecular formula is C16H24N3O3+. The molecule has 6 nitrogen and oxygen atoms in total. The summed E-state index contributed by atoms with van der Waals surface area (Å²) < 4.78 is 5.41. The fourth-order valence-electron chi connectivity index (χ4n) is 1.92. The van der Waals surface area contributed by atoms with Crippen molar-refractivity contribution in [1.29, 1.82) is 0 Å². The second-order valence-electron chi connectivity index (χ2n) is 4.96. The first-order valence-corrected chi connectivity index (χ1v) is 7.26. The molecule has 1 aromatic rings. The predicted molar refractivity (Wildman–Crippen MR) is 84.8 cm³/mol. The maximum atomic E-state index is 11.7. The van der Waals surface area contributed by atoms with Crippen molar-refractivity contribution in [2.75, 3.05) is 26.7 Å². The van der Waals surface area contributed by atoms with E-state index in [4.69, 9.17) is 4.74 Å². The van der Waals surface area contributed by atoms with E-state index in [9.17, 15) is 9.59 Å². The molecule has 0 fully saturated rings. The Balaban J connectivity index is 2.40. The van der Waals surface area contributed by atoms with E-state index >= 15 is 0 Å². The van der Waals surface area contributed by atoms with Crippen LogP contribution in [0.15, 0.2) is 36.9 Å². The van der Waals surface area contributed by atoms with E-state index in [-0.39, 0.29) is 12.5 Å². The van der Waals surface area contributed by atoms with Crippen molar-refractivity contribution >= 4 is 11.9 Å². The quantitative estimate of drug-likeness (QED) is 0.597. The summed E-state index contributed by atoms with van der Waals surface area (Å²) in [5, 5.41) is 4.81. The number of imide groups is 1. The summed E-state index contributed by atoms with van der Waals surface area (Å²) >= 11 is 0. The molecule has 0 aliphatic heterocycles. The number of amides is 3. The lowest BCUT2D eigenvalue weighted by atomic mass is 10.2. The van der Waals surface area contributed by atoms with Crippen LogP contribution in [-0.4, -0.2) is 38.7 Å². The Hall–Kier alpha value is -2.34. The van der Waals surface area contributed by atoms with Crippen molar-refractivity contribution < 1.29 is 19.2 Å². The van der Waals surface area contributed by atoms with Crippen LogP contribution in [-0.2, 0) is 11.3 Å². The number of quaternary nitrogens is 1. The van der Waals surface area contributed by atoms with E-state index < -0.39 is 6.03 Å². The summed E-state index contributed by atoms with van der Waals surface area (Å²) in [5.41, 5.74) is 1.09. The molecular weight excluding hydrogens is 282 g/mol. The number of likely N-dealkylation sites (N-methyl/N-ethyl adjacent to an activating group) is 1. The van der Waals surface area contributed by atoms with Gasteiger partial charge in [-0.15, -0.1) is 0 Å². The van der Waals surface area contributed by atoms with Gasteiger partial charge in [-0.25, -0.2) is 4.79 Å². The molecule has 6 heteroatoms. The smallest absolute Gasteiger partial charge is 0.321 e. The van der Waals surface area contributed by atoms with Gasteiger partial charge in [-0.2, -0.15) is 0 Å². The molecule has 0 heterocycles. The molecule has 3 amide bonds. The molecule has 1 atom stereocenters. The number of rotatable bonds is 8. The summed E-state index contributed by atoms with van der Waals surface area (Å²) in [7, 11) is 1.90. The van der Waals surface area contributed by atoms with E-state index in [0.717, 1.165) is 16.2 Å². The molecule has 0 aliphatic rings. The van der Waals surface area contributed by atoms with Crippen molar-refractivity contribution in [3.8, 4) is 5.75 Å². The summed E-state index contributed by atoms with van der Waals surface area (Å²) in [4.78, 5) is 23.9. The van der Waals surface area contributed by atoms with Gasteiger partial charge < -0.3 is 15.0 Å². The van der Waals surface area contributed by atoms with Crippen LogP contribution in [0.2, 0.25) is 0 Å². The molecule has 120 valence electrons. The lowest BCUT2D eigenvalue weighted by molar-refractivity contribution is -0.885. The Kier molecular flexibility index (Phi) is 7.70.